The Morgan fingerprint density at radius 2 is 1.83 bits per heavy atom. The Morgan fingerprint density at radius 3 is 2.67 bits per heavy atom. The molecule has 0 spiro atoms. The molecular formula is C13H22N4O. The third-order valence-corrected chi connectivity index (χ3v) is 4.21. The minimum absolute atomic E-state index is 0.180. The first-order chi connectivity index (χ1) is 8.84. The van der Waals surface area contributed by atoms with Gasteiger partial charge >= 0.3 is 0 Å². The number of hydrogen-bond acceptors (Lipinski definition) is 5. The summed E-state index contributed by atoms with van der Waals surface area (Å²) in [6, 6.07) is 0.180. The summed E-state index contributed by atoms with van der Waals surface area (Å²) in [6.07, 6.45) is 8.34. The van der Waals surface area contributed by atoms with E-state index in [1.54, 1.807) is 0 Å². The molecule has 1 aromatic heterocycles. The lowest BCUT2D eigenvalue weighted by Crippen LogP contribution is -2.27. The van der Waals surface area contributed by atoms with Gasteiger partial charge in [-0.15, -0.1) is 0 Å². The normalized spacial score (nSPS) is 29.5. The molecule has 1 aromatic rings. The van der Waals surface area contributed by atoms with Gasteiger partial charge in [0.15, 0.2) is 0 Å². The lowest BCUT2D eigenvalue weighted by molar-refractivity contribution is 0.325. The fourth-order valence-electron chi connectivity index (χ4n) is 3.07. The van der Waals surface area contributed by atoms with E-state index in [0.29, 0.717) is 0 Å². The van der Waals surface area contributed by atoms with Crippen molar-refractivity contribution < 1.29 is 4.52 Å². The standard InChI is InChI=1S/C13H22N4O/c14-11-7-3-1-2-6-10(11)12-15-13(16-18-12)17-8-4-5-9-17/h10-11H,1-9,14H2. The van der Waals surface area contributed by atoms with Crippen LogP contribution in [0.1, 0.15) is 56.8 Å². The largest absolute Gasteiger partial charge is 0.338 e. The summed E-state index contributed by atoms with van der Waals surface area (Å²) in [7, 11) is 0. The van der Waals surface area contributed by atoms with Crippen LogP contribution in [0.2, 0.25) is 0 Å². The van der Waals surface area contributed by atoms with Gasteiger partial charge < -0.3 is 15.2 Å². The number of rotatable bonds is 2. The van der Waals surface area contributed by atoms with Crippen molar-refractivity contribution in [3.05, 3.63) is 5.89 Å². The van der Waals surface area contributed by atoms with Gasteiger partial charge in [-0.25, -0.2) is 0 Å². The fraction of sp³-hybridized carbons (Fsp3) is 0.846. The Hall–Kier alpha value is -1.10. The van der Waals surface area contributed by atoms with Gasteiger partial charge in [-0.1, -0.05) is 19.3 Å². The van der Waals surface area contributed by atoms with Gasteiger partial charge in [0.1, 0.15) is 0 Å². The van der Waals surface area contributed by atoms with Crippen molar-refractivity contribution in [3.63, 3.8) is 0 Å². The first kappa shape index (κ1) is 12.0. The second-order valence-electron chi connectivity index (χ2n) is 5.54. The molecule has 3 rings (SSSR count). The maximum Gasteiger partial charge on any atom is 0.266 e. The minimum Gasteiger partial charge on any atom is -0.338 e. The highest BCUT2D eigenvalue weighted by Crippen LogP contribution is 2.31. The highest BCUT2D eigenvalue weighted by Gasteiger charge is 2.28. The molecule has 1 saturated carbocycles. The molecule has 1 aliphatic heterocycles. The highest BCUT2D eigenvalue weighted by molar-refractivity contribution is 5.29. The van der Waals surface area contributed by atoms with Crippen LogP contribution >= 0.6 is 0 Å². The first-order valence-corrected chi connectivity index (χ1v) is 7.19. The summed E-state index contributed by atoms with van der Waals surface area (Å²) in [5.41, 5.74) is 6.23. The molecule has 2 unspecified atom stereocenters. The van der Waals surface area contributed by atoms with Crippen LogP contribution < -0.4 is 10.6 Å². The third-order valence-electron chi connectivity index (χ3n) is 4.21. The predicted molar refractivity (Wildman–Crippen MR) is 69.5 cm³/mol. The maximum atomic E-state index is 6.23. The van der Waals surface area contributed by atoms with Gasteiger partial charge in [0.2, 0.25) is 5.89 Å². The third kappa shape index (κ3) is 2.36. The summed E-state index contributed by atoms with van der Waals surface area (Å²) < 4.78 is 5.46. The van der Waals surface area contributed by atoms with Gasteiger partial charge in [0.05, 0.1) is 5.92 Å². The van der Waals surface area contributed by atoms with Crippen molar-refractivity contribution >= 4 is 5.95 Å². The van der Waals surface area contributed by atoms with E-state index in [0.717, 1.165) is 37.8 Å². The first-order valence-electron chi connectivity index (χ1n) is 7.19. The van der Waals surface area contributed by atoms with Crippen LogP contribution in [0.5, 0.6) is 0 Å². The molecule has 2 fully saturated rings. The zero-order valence-corrected chi connectivity index (χ0v) is 10.8. The lowest BCUT2D eigenvalue weighted by atomic mass is 9.95. The molecule has 2 aliphatic rings. The molecule has 2 N–H and O–H groups in total. The monoisotopic (exact) mass is 250 g/mol. The van der Waals surface area contributed by atoms with E-state index >= 15 is 0 Å². The molecule has 18 heavy (non-hydrogen) atoms. The Kier molecular flexibility index (Phi) is 3.50. The Morgan fingerprint density at radius 1 is 1.06 bits per heavy atom. The fourth-order valence-corrected chi connectivity index (χ4v) is 3.07. The molecule has 2 heterocycles. The molecule has 0 amide bonds. The Labute approximate surface area is 108 Å². The zero-order chi connectivity index (χ0) is 12.4. The van der Waals surface area contributed by atoms with Gasteiger partial charge in [-0.05, 0) is 30.8 Å². The van der Waals surface area contributed by atoms with Gasteiger partial charge in [0, 0.05) is 19.1 Å². The van der Waals surface area contributed by atoms with E-state index in [4.69, 9.17) is 10.3 Å². The second-order valence-corrected chi connectivity index (χ2v) is 5.54. The van der Waals surface area contributed by atoms with E-state index in [1.165, 1.54) is 32.1 Å². The SMILES string of the molecule is NC1CCCCCC1c1nc(N2CCCC2)no1. The van der Waals surface area contributed by atoms with Crippen molar-refractivity contribution in [2.75, 3.05) is 18.0 Å². The van der Waals surface area contributed by atoms with Gasteiger partial charge in [-0.2, -0.15) is 4.98 Å². The Bertz CT molecular complexity index is 386. The molecule has 5 heteroatoms. The van der Waals surface area contributed by atoms with Crippen molar-refractivity contribution in [2.45, 2.75) is 56.9 Å². The van der Waals surface area contributed by atoms with Crippen molar-refractivity contribution in [1.29, 1.82) is 0 Å². The maximum absolute atomic E-state index is 6.23. The molecular weight excluding hydrogens is 228 g/mol. The number of anilines is 1. The topological polar surface area (TPSA) is 68.2 Å². The molecule has 100 valence electrons. The average molecular weight is 250 g/mol. The van der Waals surface area contributed by atoms with Crippen LogP contribution in [-0.4, -0.2) is 29.3 Å². The van der Waals surface area contributed by atoms with Crippen LogP contribution in [0.25, 0.3) is 0 Å². The van der Waals surface area contributed by atoms with Crippen LogP contribution in [0.15, 0.2) is 4.52 Å². The molecule has 1 saturated heterocycles. The van der Waals surface area contributed by atoms with Crippen molar-refractivity contribution in [3.8, 4) is 0 Å². The summed E-state index contributed by atoms with van der Waals surface area (Å²) in [4.78, 5) is 6.78. The van der Waals surface area contributed by atoms with Crippen LogP contribution in [0.4, 0.5) is 5.95 Å². The average Bonchev–Trinajstić information content (AvgIpc) is 3.00. The summed E-state index contributed by atoms with van der Waals surface area (Å²) in [6.45, 7) is 2.10. The number of hydrogen-bond donors (Lipinski definition) is 1. The summed E-state index contributed by atoms with van der Waals surface area (Å²) in [5, 5.41) is 4.12. The van der Waals surface area contributed by atoms with E-state index in [1.807, 2.05) is 0 Å². The van der Waals surface area contributed by atoms with Crippen LogP contribution in [-0.2, 0) is 0 Å². The molecule has 0 radical (unpaired) electrons. The number of nitrogens with two attached hydrogens (primary N) is 1. The van der Waals surface area contributed by atoms with E-state index < -0.39 is 0 Å². The highest BCUT2D eigenvalue weighted by atomic mass is 16.5. The van der Waals surface area contributed by atoms with Gasteiger partial charge in [0.25, 0.3) is 5.95 Å². The second kappa shape index (κ2) is 5.26. The lowest BCUT2D eigenvalue weighted by Gasteiger charge is -2.16. The van der Waals surface area contributed by atoms with E-state index in [9.17, 15) is 0 Å². The molecule has 2 atom stereocenters. The van der Waals surface area contributed by atoms with Crippen molar-refractivity contribution in [2.24, 2.45) is 5.73 Å². The summed E-state index contributed by atoms with van der Waals surface area (Å²) >= 11 is 0. The number of aromatic nitrogens is 2. The minimum atomic E-state index is 0.180. The molecule has 1 aliphatic carbocycles. The summed E-state index contributed by atoms with van der Waals surface area (Å²) in [5.74, 6) is 1.78. The number of nitrogens with zero attached hydrogens (tertiary/aromatic N) is 3. The molecule has 0 bridgehead atoms. The van der Waals surface area contributed by atoms with E-state index in [-0.39, 0.29) is 12.0 Å². The van der Waals surface area contributed by atoms with Crippen molar-refractivity contribution in [1.82, 2.24) is 10.1 Å². The predicted octanol–water partition coefficient (Wildman–Crippen LogP) is 2.04. The van der Waals surface area contributed by atoms with Crippen LogP contribution in [0, 0.1) is 0 Å². The van der Waals surface area contributed by atoms with Gasteiger partial charge in [-0.3, -0.25) is 0 Å². The van der Waals surface area contributed by atoms with E-state index in [2.05, 4.69) is 15.0 Å². The smallest absolute Gasteiger partial charge is 0.266 e. The Balaban J connectivity index is 1.74. The zero-order valence-electron chi connectivity index (χ0n) is 10.8. The van der Waals surface area contributed by atoms with Crippen LogP contribution in [0.3, 0.4) is 0 Å². The molecule has 5 nitrogen and oxygen atoms in total. The molecule has 0 aromatic carbocycles. The quantitative estimate of drug-likeness (QED) is 0.813.